The molecule has 17 rings (SSSR count). The second-order valence-corrected chi connectivity index (χ2v) is 17.9. The van der Waals surface area contributed by atoms with Gasteiger partial charge in [0.25, 0.3) is 0 Å². The summed E-state index contributed by atoms with van der Waals surface area (Å²) in [6.07, 6.45) is 0. The lowest BCUT2D eigenvalue weighted by molar-refractivity contribution is 1.20. The number of fused-ring (bicyclic) bond motifs is 14. The van der Waals surface area contributed by atoms with Crippen molar-refractivity contribution in [2.24, 2.45) is 0 Å². The highest BCUT2D eigenvalue weighted by atomic mass is 15.2. The fourth-order valence-corrected chi connectivity index (χ4v) is 13.4. The maximum atomic E-state index is 2.75. The van der Waals surface area contributed by atoms with Crippen LogP contribution in [0.1, 0.15) is 0 Å². The molecule has 0 bridgehead atoms. The molecule has 8 heterocycles. The fourth-order valence-electron chi connectivity index (χ4n) is 13.4. The Morgan fingerprint density at radius 1 is 0.339 bits per heavy atom. The summed E-state index contributed by atoms with van der Waals surface area (Å²) in [4.78, 5) is 8.03. The molecule has 11 aromatic rings. The third-order valence-electron chi connectivity index (χ3n) is 15.3. The molecule has 2 aromatic heterocycles. The summed E-state index contributed by atoms with van der Waals surface area (Å²) in [5.41, 5.74) is 26.5. The molecule has 0 saturated carbocycles. The van der Waals surface area contributed by atoms with Gasteiger partial charge in [-0.1, -0.05) is 115 Å². The predicted molar refractivity (Wildman–Crippen MR) is 261 cm³/mol. The maximum Gasteiger partial charge on any atom is 0.421 e. The minimum Gasteiger partial charge on any atom is -0.376 e. The minimum absolute atomic E-state index is 0.0299. The van der Waals surface area contributed by atoms with E-state index in [1.165, 1.54) is 133 Å². The van der Waals surface area contributed by atoms with E-state index >= 15 is 0 Å². The molecule has 0 amide bonds. The van der Waals surface area contributed by atoms with Crippen LogP contribution in [0, 0.1) is 0 Å². The monoisotopic (exact) mass is 781 g/mol. The SMILES string of the molecule is c1ccc(N2B3c4ccccc4N4c5ccccc5B5c6c7c8c(c3c64)-c3c2cccc3N(c2ccccc2)B8n2c3ccccc3c3cc4c6ccccc6n5c4c-7c32)cc1. The van der Waals surface area contributed by atoms with E-state index < -0.39 is 0 Å². The molecule has 0 fully saturated rings. The van der Waals surface area contributed by atoms with Gasteiger partial charge in [0, 0.05) is 94.6 Å². The summed E-state index contributed by atoms with van der Waals surface area (Å²) in [5, 5.41) is 5.28. The fraction of sp³-hybridized carbons (Fsp3) is 0. The first kappa shape index (κ1) is 31.1. The van der Waals surface area contributed by atoms with Crippen molar-refractivity contribution >= 4 is 131 Å². The summed E-state index contributed by atoms with van der Waals surface area (Å²) < 4.78 is 5.49. The van der Waals surface area contributed by atoms with Gasteiger partial charge < -0.3 is 23.5 Å². The molecule has 9 aromatic carbocycles. The lowest BCUT2D eigenvalue weighted by Crippen LogP contribution is -2.71. The molecule has 0 N–H and O–H groups in total. The van der Waals surface area contributed by atoms with E-state index in [0.717, 1.165) is 0 Å². The Balaban J connectivity index is 1.19. The Morgan fingerprint density at radius 3 is 1.53 bits per heavy atom. The first-order valence-corrected chi connectivity index (χ1v) is 21.9. The van der Waals surface area contributed by atoms with Crippen LogP contribution in [0.25, 0.3) is 65.9 Å². The van der Waals surface area contributed by atoms with E-state index in [1.54, 1.807) is 0 Å². The average molecular weight is 781 g/mol. The van der Waals surface area contributed by atoms with Gasteiger partial charge in [0.2, 0.25) is 0 Å². The molecule has 6 aliphatic rings. The normalized spacial score (nSPS) is 14.9. The highest BCUT2D eigenvalue weighted by Gasteiger charge is 2.58. The summed E-state index contributed by atoms with van der Waals surface area (Å²) in [5.74, 6) is 0. The number of aromatic nitrogens is 2. The molecule has 8 heteroatoms. The van der Waals surface area contributed by atoms with Crippen LogP contribution >= 0.6 is 0 Å². The Hall–Kier alpha value is -7.83. The maximum absolute atomic E-state index is 2.75. The van der Waals surface area contributed by atoms with Crippen LogP contribution in [0.2, 0.25) is 0 Å². The quantitative estimate of drug-likeness (QED) is 0.163. The first-order chi connectivity index (χ1) is 30.9. The predicted octanol–water partition coefficient (Wildman–Crippen LogP) is 9.27. The van der Waals surface area contributed by atoms with Gasteiger partial charge in [-0.2, -0.15) is 0 Å². The number of hydrogen-bond donors (Lipinski definition) is 0. The molecule has 0 saturated heterocycles. The van der Waals surface area contributed by atoms with E-state index in [0.29, 0.717) is 0 Å². The van der Waals surface area contributed by atoms with Crippen molar-refractivity contribution in [1.82, 2.24) is 8.96 Å². The van der Waals surface area contributed by atoms with E-state index in [2.05, 4.69) is 205 Å². The average Bonchev–Trinajstić information content (AvgIpc) is 3.85. The van der Waals surface area contributed by atoms with Crippen molar-refractivity contribution in [1.29, 1.82) is 0 Å². The minimum atomic E-state index is -0.137. The Bertz CT molecular complexity index is 3930. The molecule has 62 heavy (non-hydrogen) atoms. The van der Waals surface area contributed by atoms with Crippen LogP contribution in [-0.4, -0.2) is 29.6 Å². The van der Waals surface area contributed by atoms with Gasteiger partial charge in [-0.15, -0.1) is 0 Å². The van der Waals surface area contributed by atoms with E-state index in [1.807, 2.05) is 0 Å². The van der Waals surface area contributed by atoms with Gasteiger partial charge in [-0.05, 0) is 105 Å². The number of benzene rings is 9. The number of rotatable bonds is 2. The van der Waals surface area contributed by atoms with Crippen LogP contribution < -0.4 is 41.8 Å². The first-order valence-electron chi connectivity index (χ1n) is 21.9. The molecule has 0 unspecified atom stereocenters. The van der Waals surface area contributed by atoms with Crippen molar-refractivity contribution in [3.8, 4) is 22.3 Å². The van der Waals surface area contributed by atoms with Gasteiger partial charge in [-0.25, -0.2) is 0 Å². The Morgan fingerprint density at radius 2 is 0.839 bits per heavy atom. The van der Waals surface area contributed by atoms with Crippen molar-refractivity contribution in [3.05, 3.63) is 182 Å². The second kappa shape index (κ2) is 10.4. The number of nitrogens with zero attached hydrogens (tertiary/aromatic N) is 5. The topological polar surface area (TPSA) is 19.6 Å². The molecular weight excluding hydrogens is 751 g/mol. The van der Waals surface area contributed by atoms with Crippen LogP contribution in [0.4, 0.5) is 39.8 Å². The summed E-state index contributed by atoms with van der Waals surface area (Å²) in [7, 11) is 0. The van der Waals surface area contributed by atoms with Gasteiger partial charge in [0.1, 0.15) is 0 Å². The number of anilines is 7. The summed E-state index contributed by atoms with van der Waals surface area (Å²) in [6.45, 7) is -0.226. The molecule has 280 valence electrons. The molecule has 6 aliphatic heterocycles. The van der Waals surface area contributed by atoms with Crippen molar-refractivity contribution in [2.75, 3.05) is 14.5 Å². The summed E-state index contributed by atoms with van der Waals surface area (Å²) in [6, 6.07) is 68.9. The number of hydrogen-bond acceptors (Lipinski definition) is 3. The Labute approximate surface area is 357 Å². The van der Waals surface area contributed by atoms with Gasteiger partial charge >= 0.3 is 20.7 Å². The van der Waals surface area contributed by atoms with Crippen LogP contribution in [0.5, 0.6) is 0 Å². The van der Waals surface area contributed by atoms with E-state index in [9.17, 15) is 0 Å². The zero-order valence-electron chi connectivity index (χ0n) is 33.3. The molecule has 0 spiro atoms. The summed E-state index contributed by atoms with van der Waals surface area (Å²) >= 11 is 0. The standard InChI is InChI=1S/C54H30B3N5/c1-3-16-31(17-4-1)59-43-28-15-29-44-45(43)46-49-47-48-52-35(30-36-34-21-8-12-25-40(34)62(53(36)48)57(49)60(44)32-18-5-2-6-19-32)33-20-7-11-24-39(33)61(52)56-38-23-10-14-27-42(38)58-41-26-13-9-22-37(41)55(59)50(46)54(58)51(47)56/h1-30H. The van der Waals surface area contributed by atoms with Gasteiger partial charge in [-0.3, -0.25) is 0 Å². The zero-order valence-corrected chi connectivity index (χ0v) is 33.3. The van der Waals surface area contributed by atoms with Crippen molar-refractivity contribution in [2.45, 2.75) is 0 Å². The molecule has 0 aliphatic carbocycles. The highest BCUT2D eigenvalue weighted by Crippen LogP contribution is 2.58. The lowest BCUT2D eigenvalue weighted by Gasteiger charge is -2.54. The third-order valence-corrected chi connectivity index (χ3v) is 15.3. The van der Waals surface area contributed by atoms with Crippen LogP contribution in [-0.2, 0) is 0 Å². The molecule has 5 nitrogen and oxygen atoms in total. The van der Waals surface area contributed by atoms with Crippen LogP contribution in [0.15, 0.2) is 182 Å². The highest BCUT2D eigenvalue weighted by molar-refractivity contribution is 7.00. The largest absolute Gasteiger partial charge is 0.421 e. The van der Waals surface area contributed by atoms with Crippen molar-refractivity contribution in [3.63, 3.8) is 0 Å². The van der Waals surface area contributed by atoms with E-state index in [4.69, 9.17) is 0 Å². The van der Waals surface area contributed by atoms with Crippen LogP contribution in [0.3, 0.4) is 0 Å². The molecule has 0 radical (unpaired) electrons. The lowest BCUT2D eigenvalue weighted by atomic mass is 9.35. The second-order valence-electron chi connectivity index (χ2n) is 17.9. The van der Waals surface area contributed by atoms with Crippen molar-refractivity contribution < 1.29 is 0 Å². The molecular formula is C54H30B3N5. The van der Waals surface area contributed by atoms with E-state index in [-0.39, 0.29) is 20.7 Å². The smallest absolute Gasteiger partial charge is 0.376 e. The van der Waals surface area contributed by atoms with Gasteiger partial charge in [0.15, 0.2) is 0 Å². The Kier molecular flexibility index (Phi) is 5.20. The van der Waals surface area contributed by atoms with Gasteiger partial charge in [0.05, 0.1) is 0 Å². The zero-order chi connectivity index (χ0) is 39.7. The third kappa shape index (κ3) is 3.21. The number of para-hydroxylation sites is 6. The molecule has 0 atom stereocenters.